The Bertz CT molecular complexity index is 833. The van der Waals surface area contributed by atoms with E-state index in [4.69, 9.17) is 4.74 Å². The zero-order chi connectivity index (χ0) is 17.8. The maximum absolute atomic E-state index is 12.9. The summed E-state index contributed by atoms with van der Waals surface area (Å²) in [4.78, 5) is 25.5. The normalized spacial score (nSPS) is 15.9. The van der Waals surface area contributed by atoms with Crippen LogP contribution in [0.2, 0.25) is 0 Å². The van der Waals surface area contributed by atoms with Crippen molar-refractivity contribution >= 4 is 29.0 Å². The molecule has 2 aromatic carbocycles. The number of rotatable bonds is 5. The maximum Gasteiger partial charge on any atom is 0.293 e. The number of halogens is 1. The SMILES string of the molecule is CCN1C(=O)S/C(=C/c2cccc(OCc3ccc(F)cc3)c2)C1=O. The Kier molecular flexibility index (Phi) is 5.19. The van der Waals surface area contributed by atoms with Crippen LogP contribution in [0.15, 0.2) is 53.4 Å². The van der Waals surface area contributed by atoms with E-state index in [1.165, 1.54) is 17.0 Å². The second-order valence-electron chi connectivity index (χ2n) is 5.41. The molecule has 0 radical (unpaired) electrons. The van der Waals surface area contributed by atoms with Gasteiger partial charge in [0.2, 0.25) is 0 Å². The minimum absolute atomic E-state index is 0.248. The molecule has 4 nitrogen and oxygen atoms in total. The standard InChI is InChI=1S/C19H16FNO3S/c1-2-21-18(22)17(25-19(21)23)11-14-4-3-5-16(10-14)24-12-13-6-8-15(20)9-7-13/h3-11H,2,12H2,1H3/b17-11+. The van der Waals surface area contributed by atoms with Gasteiger partial charge >= 0.3 is 0 Å². The van der Waals surface area contributed by atoms with E-state index in [0.29, 0.717) is 23.8 Å². The predicted octanol–water partition coefficient (Wildman–Crippen LogP) is 4.46. The largest absolute Gasteiger partial charge is 0.489 e. The number of thioether (sulfide) groups is 1. The lowest BCUT2D eigenvalue weighted by Crippen LogP contribution is -2.27. The monoisotopic (exact) mass is 357 g/mol. The maximum atomic E-state index is 12.9. The average molecular weight is 357 g/mol. The van der Waals surface area contributed by atoms with E-state index in [1.54, 1.807) is 37.3 Å². The van der Waals surface area contributed by atoms with Gasteiger partial charge in [0.1, 0.15) is 18.2 Å². The van der Waals surface area contributed by atoms with Gasteiger partial charge in [0.25, 0.3) is 11.1 Å². The quantitative estimate of drug-likeness (QED) is 0.741. The molecular formula is C19H16FNO3S. The van der Waals surface area contributed by atoms with Crippen molar-refractivity contribution < 1.29 is 18.7 Å². The van der Waals surface area contributed by atoms with Crippen molar-refractivity contribution in [2.24, 2.45) is 0 Å². The molecule has 1 fully saturated rings. The van der Waals surface area contributed by atoms with Crippen molar-refractivity contribution in [1.29, 1.82) is 0 Å². The fourth-order valence-electron chi connectivity index (χ4n) is 2.37. The number of imide groups is 1. The minimum Gasteiger partial charge on any atom is -0.489 e. The summed E-state index contributed by atoms with van der Waals surface area (Å²) in [5.41, 5.74) is 1.63. The van der Waals surface area contributed by atoms with E-state index in [2.05, 4.69) is 0 Å². The molecule has 1 aliphatic heterocycles. The summed E-state index contributed by atoms with van der Waals surface area (Å²) in [5.74, 6) is 0.0784. The van der Waals surface area contributed by atoms with Crippen LogP contribution < -0.4 is 4.74 Å². The first kappa shape index (κ1) is 17.2. The first-order chi connectivity index (χ1) is 12.1. The molecule has 1 aliphatic rings. The Balaban J connectivity index is 1.71. The second-order valence-corrected chi connectivity index (χ2v) is 6.41. The van der Waals surface area contributed by atoms with Gasteiger partial charge in [-0.3, -0.25) is 14.5 Å². The molecular weight excluding hydrogens is 341 g/mol. The lowest BCUT2D eigenvalue weighted by molar-refractivity contribution is -0.122. The van der Waals surface area contributed by atoms with Crippen LogP contribution in [0.5, 0.6) is 5.75 Å². The number of nitrogens with zero attached hydrogens (tertiary/aromatic N) is 1. The predicted molar refractivity (Wildman–Crippen MR) is 95.5 cm³/mol. The van der Waals surface area contributed by atoms with E-state index in [9.17, 15) is 14.0 Å². The molecule has 1 saturated heterocycles. The summed E-state index contributed by atoms with van der Waals surface area (Å²) in [6, 6.07) is 13.4. The summed E-state index contributed by atoms with van der Waals surface area (Å²) < 4.78 is 18.6. The highest BCUT2D eigenvalue weighted by Crippen LogP contribution is 2.32. The fraction of sp³-hybridized carbons (Fsp3) is 0.158. The third-order valence-corrected chi connectivity index (χ3v) is 4.57. The van der Waals surface area contributed by atoms with Crippen molar-refractivity contribution in [2.75, 3.05) is 6.54 Å². The molecule has 3 rings (SSSR count). The van der Waals surface area contributed by atoms with Crippen LogP contribution in [0.3, 0.4) is 0 Å². The molecule has 0 unspecified atom stereocenters. The Morgan fingerprint density at radius 3 is 2.60 bits per heavy atom. The number of hydrogen-bond acceptors (Lipinski definition) is 4. The lowest BCUT2D eigenvalue weighted by Gasteiger charge is -2.08. The van der Waals surface area contributed by atoms with Crippen LogP contribution in [-0.2, 0) is 11.4 Å². The van der Waals surface area contributed by atoms with E-state index >= 15 is 0 Å². The third-order valence-electron chi connectivity index (χ3n) is 3.66. The van der Waals surface area contributed by atoms with E-state index < -0.39 is 0 Å². The Morgan fingerprint density at radius 2 is 1.92 bits per heavy atom. The molecule has 0 N–H and O–H groups in total. The molecule has 0 aromatic heterocycles. The van der Waals surface area contributed by atoms with Crippen molar-refractivity contribution in [1.82, 2.24) is 4.90 Å². The van der Waals surface area contributed by atoms with Crippen LogP contribution in [0.4, 0.5) is 9.18 Å². The van der Waals surface area contributed by atoms with Gasteiger partial charge < -0.3 is 4.74 Å². The Morgan fingerprint density at radius 1 is 1.16 bits per heavy atom. The highest BCUT2D eigenvalue weighted by molar-refractivity contribution is 8.18. The van der Waals surface area contributed by atoms with Crippen LogP contribution in [0.1, 0.15) is 18.1 Å². The molecule has 0 spiro atoms. The Hall–Kier alpha value is -2.60. The van der Waals surface area contributed by atoms with Crippen molar-refractivity contribution in [2.45, 2.75) is 13.5 Å². The zero-order valence-corrected chi connectivity index (χ0v) is 14.4. The van der Waals surface area contributed by atoms with Crippen molar-refractivity contribution in [3.8, 4) is 5.75 Å². The molecule has 0 atom stereocenters. The fourth-order valence-corrected chi connectivity index (χ4v) is 3.27. The van der Waals surface area contributed by atoms with Crippen LogP contribution in [0.25, 0.3) is 6.08 Å². The van der Waals surface area contributed by atoms with Gasteiger partial charge in [-0.15, -0.1) is 0 Å². The molecule has 25 heavy (non-hydrogen) atoms. The van der Waals surface area contributed by atoms with Gasteiger partial charge in [-0.25, -0.2) is 4.39 Å². The smallest absolute Gasteiger partial charge is 0.293 e. The first-order valence-corrected chi connectivity index (χ1v) is 8.61. The molecule has 0 aliphatic carbocycles. The van der Waals surface area contributed by atoms with Gasteiger partial charge in [-0.05, 0) is 60.2 Å². The van der Waals surface area contributed by atoms with Gasteiger partial charge in [0.15, 0.2) is 0 Å². The summed E-state index contributed by atoms with van der Waals surface area (Å²) in [5, 5.41) is -0.248. The number of likely N-dealkylation sites (N-methyl/N-ethyl adjacent to an activating group) is 1. The highest BCUT2D eigenvalue weighted by Gasteiger charge is 2.33. The van der Waals surface area contributed by atoms with Crippen LogP contribution >= 0.6 is 11.8 Å². The third kappa shape index (κ3) is 4.09. The van der Waals surface area contributed by atoms with Crippen molar-refractivity contribution in [3.05, 3.63) is 70.4 Å². The number of hydrogen-bond donors (Lipinski definition) is 0. The van der Waals surface area contributed by atoms with E-state index in [0.717, 1.165) is 22.9 Å². The van der Waals surface area contributed by atoms with Gasteiger partial charge in [-0.2, -0.15) is 0 Å². The summed E-state index contributed by atoms with van der Waals surface area (Å²) in [6.07, 6.45) is 1.69. The minimum atomic E-state index is -0.285. The number of benzene rings is 2. The molecule has 2 amide bonds. The molecule has 6 heteroatoms. The van der Waals surface area contributed by atoms with Crippen LogP contribution in [-0.4, -0.2) is 22.6 Å². The Labute approximate surface area is 149 Å². The molecule has 2 aromatic rings. The van der Waals surface area contributed by atoms with Gasteiger partial charge in [-0.1, -0.05) is 24.3 Å². The van der Waals surface area contributed by atoms with Crippen molar-refractivity contribution in [3.63, 3.8) is 0 Å². The highest BCUT2D eigenvalue weighted by atomic mass is 32.2. The number of carbonyl (C=O) groups is 2. The summed E-state index contributed by atoms with van der Waals surface area (Å²) in [6.45, 7) is 2.45. The lowest BCUT2D eigenvalue weighted by atomic mass is 10.2. The topological polar surface area (TPSA) is 46.6 Å². The summed E-state index contributed by atoms with van der Waals surface area (Å²) in [7, 11) is 0. The number of carbonyl (C=O) groups excluding carboxylic acids is 2. The summed E-state index contributed by atoms with van der Waals surface area (Å²) >= 11 is 0.941. The first-order valence-electron chi connectivity index (χ1n) is 7.79. The van der Waals surface area contributed by atoms with Gasteiger partial charge in [0, 0.05) is 6.54 Å². The van der Waals surface area contributed by atoms with Crippen LogP contribution in [0, 0.1) is 5.82 Å². The number of amides is 2. The zero-order valence-electron chi connectivity index (χ0n) is 13.6. The number of ether oxygens (including phenoxy) is 1. The van der Waals surface area contributed by atoms with Gasteiger partial charge in [0.05, 0.1) is 4.91 Å². The van der Waals surface area contributed by atoms with E-state index in [-0.39, 0.29) is 17.0 Å². The molecule has 128 valence electrons. The molecule has 0 bridgehead atoms. The molecule has 0 saturated carbocycles. The van der Waals surface area contributed by atoms with E-state index in [1.807, 2.05) is 12.1 Å². The average Bonchev–Trinajstić information content (AvgIpc) is 2.88. The second kappa shape index (κ2) is 7.53. The molecule has 1 heterocycles.